The Morgan fingerprint density at radius 2 is 1.94 bits per heavy atom. The highest BCUT2D eigenvalue weighted by Gasteiger charge is 2.09. The fourth-order valence-corrected chi connectivity index (χ4v) is 1.90. The van der Waals surface area contributed by atoms with Gasteiger partial charge in [0.05, 0.1) is 0 Å². The molecule has 0 saturated heterocycles. The molecule has 17 heavy (non-hydrogen) atoms. The van der Waals surface area contributed by atoms with Crippen LogP contribution in [0.5, 0.6) is 0 Å². The minimum atomic E-state index is -0.515. The maximum absolute atomic E-state index is 13.0. The first kappa shape index (κ1) is 13.8. The molecule has 0 aliphatic rings. The van der Waals surface area contributed by atoms with Crippen LogP contribution >= 0.6 is 0 Å². The van der Waals surface area contributed by atoms with Crippen molar-refractivity contribution in [1.29, 1.82) is 0 Å². The molecule has 0 aliphatic heterocycles. The van der Waals surface area contributed by atoms with E-state index in [2.05, 4.69) is 11.9 Å². The molecule has 0 radical (unpaired) electrons. The predicted molar refractivity (Wildman–Crippen MR) is 67.0 cm³/mol. The van der Waals surface area contributed by atoms with Crippen molar-refractivity contribution in [2.24, 2.45) is 0 Å². The fraction of sp³-hybridized carbons (Fsp3) is 0.429. The molecule has 1 aromatic carbocycles. The average Bonchev–Trinajstić information content (AvgIpc) is 2.24. The smallest absolute Gasteiger partial charge is 0.126 e. The van der Waals surface area contributed by atoms with E-state index in [-0.39, 0.29) is 6.04 Å². The van der Waals surface area contributed by atoms with Gasteiger partial charge in [0.15, 0.2) is 0 Å². The van der Waals surface area contributed by atoms with Crippen molar-refractivity contribution in [1.82, 2.24) is 5.32 Å². The lowest BCUT2D eigenvalue weighted by Gasteiger charge is -2.17. The van der Waals surface area contributed by atoms with Crippen LogP contribution in [0.15, 0.2) is 30.9 Å². The van der Waals surface area contributed by atoms with E-state index < -0.39 is 11.6 Å². The van der Waals surface area contributed by atoms with Crippen LogP contribution in [0.1, 0.15) is 25.3 Å². The number of halogens is 2. The summed E-state index contributed by atoms with van der Waals surface area (Å²) in [6, 6.07) is 3.91. The van der Waals surface area contributed by atoms with Crippen molar-refractivity contribution in [2.75, 3.05) is 6.54 Å². The Morgan fingerprint density at radius 1 is 1.29 bits per heavy atom. The molecule has 1 unspecified atom stereocenters. The molecule has 0 aliphatic carbocycles. The second-order valence-corrected chi connectivity index (χ2v) is 4.10. The van der Waals surface area contributed by atoms with Gasteiger partial charge in [-0.15, -0.1) is 6.58 Å². The Bertz CT molecular complexity index is 343. The Balaban J connectivity index is 2.66. The fourth-order valence-electron chi connectivity index (χ4n) is 1.90. The van der Waals surface area contributed by atoms with Gasteiger partial charge in [0.1, 0.15) is 11.6 Å². The zero-order chi connectivity index (χ0) is 12.7. The van der Waals surface area contributed by atoms with Crippen LogP contribution in [0.25, 0.3) is 0 Å². The predicted octanol–water partition coefficient (Wildman–Crippen LogP) is 3.45. The number of rotatable bonds is 7. The van der Waals surface area contributed by atoms with Gasteiger partial charge >= 0.3 is 0 Å². The summed E-state index contributed by atoms with van der Waals surface area (Å²) in [5, 5.41) is 3.31. The van der Waals surface area contributed by atoms with Gasteiger partial charge in [0.25, 0.3) is 0 Å². The molecule has 0 aromatic heterocycles. The van der Waals surface area contributed by atoms with Crippen LogP contribution in [-0.4, -0.2) is 12.6 Å². The van der Waals surface area contributed by atoms with Crippen molar-refractivity contribution in [2.45, 2.75) is 32.2 Å². The highest BCUT2D eigenvalue weighted by atomic mass is 19.1. The minimum absolute atomic E-state index is 0.235. The second kappa shape index (κ2) is 7.17. The molecule has 0 heterocycles. The monoisotopic (exact) mass is 239 g/mol. The summed E-state index contributed by atoms with van der Waals surface area (Å²) >= 11 is 0. The summed E-state index contributed by atoms with van der Waals surface area (Å²) in [7, 11) is 0. The maximum Gasteiger partial charge on any atom is 0.126 e. The largest absolute Gasteiger partial charge is 0.314 e. The molecule has 1 rings (SSSR count). The number of likely N-dealkylation sites (N-methyl/N-ethyl adjacent to an activating group) is 1. The summed E-state index contributed by atoms with van der Waals surface area (Å²) in [4.78, 5) is 0. The number of nitrogens with one attached hydrogen (secondary N) is 1. The van der Waals surface area contributed by atoms with E-state index in [4.69, 9.17) is 0 Å². The lowest BCUT2D eigenvalue weighted by atomic mass is 10.0. The summed E-state index contributed by atoms with van der Waals surface area (Å²) < 4.78 is 26.1. The normalized spacial score (nSPS) is 12.4. The Morgan fingerprint density at radius 3 is 2.47 bits per heavy atom. The average molecular weight is 239 g/mol. The van der Waals surface area contributed by atoms with E-state index in [1.54, 1.807) is 0 Å². The third-order valence-corrected chi connectivity index (χ3v) is 2.62. The SMILES string of the molecule is C=CCCC(Cc1cc(F)cc(F)c1)NCC. The van der Waals surface area contributed by atoms with E-state index in [9.17, 15) is 8.78 Å². The molecule has 0 spiro atoms. The second-order valence-electron chi connectivity index (χ2n) is 4.10. The van der Waals surface area contributed by atoms with Crippen molar-refractivity contribution in [3.8, 4) is 0 Å². The molecule has 1 atom stereocenters. The van der Waals surface area contributed by atoms with Gasteiger partial charge < -0.3 is 5.32 Å². The van der Waals surface area contributed by atoms with Crippen LogP contribution in [0.3, 0.4) is 0 Å². The number of hydrogen-bond donors (Lipinski definition) is 1. The van der Waals surface area contributed by atoms with Gasteiger partial charge in [-0.3, -0.25) is 0 Å². The molecule has 0 fully saturated rings. The number of allylic oxidation sites excluding steroid dienone is 1. The van der Waals surface area contributed by atoms with Gasteiger partial charge in [0, 0.05) is 12.1 Å². The molecular weight excluding hydrogens is 220 g/mol. The Hall–Kier alpha value is -1.22. The van der Waals surface area contributed by atoms with Crippen LogP contribution in [-0.2, 0) is 6.42 Å². The first-order valence-electron chi connectivity index (χ1n) is 5.95. The van der Waals surface area contributed by atoms with Gasteiger partial charge in [-0.05, 0) is 43.5 Å². The number of hydrogen-bond acceptors (Lipinski definition) is 1. The molecule has 1 aromatic rings. The summed E-state index contributed by atoms with van der Waals surface area (Å²) in [6.07, 6.45) is 4.32. The van der Waals surface area contributed by atoms with Crippen LogP contribution in [0, 0.1) is 11.6 Å². The van der Waals surface area contributed by atoms with Gasteiger partial charge in [-0.25, -0.2) is 8.78 Å². The van der Waals surface area contributed by atoms with E-state index in [1.807, 2.05) is 13.0 Å². The van der Waals surface area contributed by atoms with E-state index in [1.165, 1.54) is 12.1 Å². The molecule has 0 bridgehead atoms. The Kier molecular flexibility index (Phi) is 5.84. The van der Waals surface area contributed by atoms with Crippen LogP contribution in [0.2, 0.25) is 0 Å². The van der Waals surface area contributed by atoms with Crippen molar-refractivity contribution in [3.63, 3.8) is 0 Å². The first-order chi connectivity index (χ1) is 8.15. The summed E-state index contributed by atoms with van der Waals surface area (Å²) in [5.74, 6) is -1.03. The van der Waals surface area contributed by atoms with E-state index in [0.29, 0.717) is 12.0 Å². The maximum atomic E-state index is 13.0. The summed E-state index contributed by atoms with van der Waals surface area (Å²) in [6.45, 7) is 6.55. The van der Waals surface area contributed by atoms with Crippen molar-refractivity contribution >= 4 is 0 Å². The topological polar surface area (TPSA) is 12.0 Å². The molecule has 1 N–H and O–H groups in total. The lowest BCUT2D eigenvalue weighted by Crippen LogP contribution is -2.30. The molecule has 3 heteroatoms. The lowest BCUT2D eigenvalue weighted by molar-refractivity contribution is 0.491. The third kappa shape index (κ3) is 5.09. The van der Waals surface area contributed by atoms with Gasteiger partial charge in [-0.2, -0.15) is 0 Å². The molecular formula is C14H19F2N. The summed E-state index contributed by atoms with van der Waals surface area (Å²) in [5.41, 5.74) is 0.692. The quantitative estimate of drug-likeness (QED) is 0.719. The standard InChI is InChI=1S/C14H19F2N/c1-3-5-6-14(17-4-2)9-11-7-12(15)10-13(16)8-11/h3,7-8,10,14,17H,1,4-6,9H2,2H3. The van der Waals surface area contributed by atoms with Gasteiger partial charge in [-0.1, -0.05) is 13.0 Å². The Labute approximate surface area is 102 Å². The van der Waals surface area contributed by atoms with E-state index in [0.717, 1.165) is 25.5 Å². The molecule has 94 valence electrons. The van der Waals surface area contributed by atoms with Crippen LogP contribution < -0.4 is 5.32 Å². The van der Waals surface area contributed by atoms with E-state index >= 15 is 0 Å². The van der Waals surface area contributed by atoms with Crippen molar-refractivity contribution < 1.29 is 8.78 Å². The van der Waals surface area contributed by atoms with Crippen molar-refractivity contribution in [3.05, 3.63) is 48.1 Å². The highest BCUT2D eigenvalue weighted by Crippen LogP contribution is 2.12. The zero-order valence-corrected chi connectivity index (χ0v) is 10.2. The highest BCUT2D eigenvalue weighted by molar-refractivity contribution is 5.19. The van der Waals surface area contributed by atoms with Crippen LogP contribution in [0.4, 0.5) is 8.78 Å². The number of benzene rings is 1. The third-order valence-electron chi connectivity index (χ3n) is 2.62. The van der Waals surface area contributed by atoms with Gasteiger partial charge in [0.2, 0.25) is 0 Å². The molecule has 1 nitrogen and oxygen atoms in total. The first-order valence-corrected chi connectivity index (χ1v) is 5.95. The minimum Gasteiger partial charge on any atom is -0.314 e. The molecule has 0 saturated carbocycles. The molecule has 0 amide bonds. The zero-order valence-electron chi connectivity index (χ0n) is 10.2.